The van der Waals surface area contributed by atoms with Gasteiger partial charge in [0.05, 0.1) is 6.54 Å². The summed E-state index contributed by atoms with van der Waals surface area (Å²) in [4.78, 5) is 28.4. The Balaban J connectivity index is 1.64. The third-order valence-electron chi connectivity index (χ3n) is 4.62. The fourth-order valence-electron chi connectivity index (χ4n) is 2.85. The summed E-state index contributed by atoms with van der Waals surface area (Å²) in [7, 11) is 0. The van der Waals surface area contributed by atoms with Crippen LogP contribution < -0.4 is 10.6 Å². The largest absolute Gasteiger partial charge is 0.353 e. The lowest BCUT2D eigenvalue weighted by atomic mass is 10.2. The summed E-state index contributed by atoms with van der Waals surface area (Å²) in [5.41, 5.74) is 0.722. The van der Waals surface area contributed by atoms with Gasteiger partial charge in [0.25, 0.3) is 0 Å². The first-order valence-corrected chi connectivity index (χ1v) is 9.63. The van der Waals surface area contributed by atoms with Gasteiger partial charge in [0.15, 0.2) is 0 Å². The average molecular weight is 381 g/mol. The first-order chi connectivity index (χ1) is 12.5. The van der Waals surface area contributed by atoms with E-state index in [-0.39, 0.29) is 17.9 Å². The van der Waals surface area contributed by atoms with Crippen LogP contribution in [0.4, 0.5) is 5.69 Å². The Bertz CT molecular complexity index is 603. The van der Waals surface area contributed by atoms with E-state index in [9.17, 15) is 9.59 Å². The number of rotatable bonds is 8. The number of halogens is 1. The van der Waals surface area contributed by atoms with E-state index in [1.807, 2.05) is 19.1 Å². The van der Waals surface area contributed by atoms with Crippen molar-refractivity contribution in [3.05, 3.63) is 29.3 Å². The molecule has 2 rings (SSSR count). The van der Waals surface area contributed by atoms with Gasteiger partial charge in [-0.3, -0.25) is 14.5 Å². The molecule has 0 spiro atoms. The van der Waals surface area contributed by atoms with Gasteiger partial charge in [0.1, 0.15) is 0 Å². The van der Waals surface area contributed by atoms with Crippen molar-refractivity contribution in [1.29, 1.82) is 0 Å². The second-order valence-corrected chi connectivity index (χ2v) is 7.24. The van der Waals surface area contributed by atoms with Gasteiger partial charge in [-0.1, -0.05) is 24.6 Å². The molecule has 1 aliphatic heterocycles. The molecule has 26 heavy (non-hydrogen) atoms. The summed E-state index contributed by atoms with van der Waals surface area (Å²) in [6.45, 7) is 8.71. The molecule has 1 atom stereocenters. The molecule has 7 heteroatoms. The second kappa shape index (κ2) is 10.5. The van der Waals surface area contributed by atoms with E-state index in [2.05, 4.69) is 27.4 Å². The molecule has 1 saturated heterocycles. The maximum absolute atomic E-state index is 12.1. The van der Waals surface area contributed by atoms with Gasteiger partial charge >= 0.3 is 0 Å². The second-order valence-electron chi connectivity index (χ2n) is 6.80. The molecule has 1 heterocycles. The molecule has 1 fully saturated rings. The number of nitrogens with one attached hydrogen (secondary N) is 2. The monoisotopic (exact) mass is 380 g/mol. The van der Waals surface area contributed by atoms with Crippen molar-refractivity contribution in [2.75, 3.05) is 44.6 Å². The van der Waals surface area contributed by atoms with Gasteiger partial charge in [-0.2, -0.15) is 0 Å². The van der Waals surface area contributed by atoms with Gasteiger partial charge in [0, 0.05) is 55.9 Å². The van der Waals surface area contributed by atoms with E-state index in [1.165, 1.54) is 0 Å². The number of benzene rings is 1. The summed E-state index contributed by atoms with van der Waals surface area (Å²) in [6.07, 6.45) is 1.39. The first-order valence-electron chi connectivity index (χ1n) is 9.25. The molecule has 1 unspecified atom stereocenters. The van der Waals surface area contributed by atoms with Crippen LogP contribution in [-0.4, -0.2) is 66.9 Å². The van der Waals surface area contributed by atoms with Crippen LogP contribution in [0.25, 0.3) is 0 Å². The fourth-order valence-corrected chi connectivity index (χ4v) is 3.04. The van der Waals surface area contributed by atoms with E-state index in [0.29, 0.717) is 18.0 Å². The standard InChI is InChI=1S/C19H29ClN4O2/c1-3-15(2)21-19(26)14-24-11-9-23(10-12-24)8-7-18(25)22-17-6-4-5-16(20)13-17/h4-6,13,15H,3,7-12,14H2,1-2H3,(H,21,26)(H,22,25). The van der Waals surface area contributed by atoms with Crippen LogP contribution in [-0.2, 0) is 9.59 Å². The summed E-state index contributed by atoms with van der Waals surface area (Å²) in [5, 5.41) is 6.47. The number of carbonyl (C=O) groups is 2. The molecular weight excluding hydrogens is 352 g/mol. The minimum atomic E-state index is -0.0115. The van der Waals surface area contributed by atoms with Crippen LogP contribution in [0.3, 0.4) is 0 Å². The van der Waals surface area contributed by atoms with E-state index in [0.717, 1.165) is 44.8 Å². The Morgan fingerprint density at radius 1 is 1.15 bits per heavy atom. The molecule has 1 aliphatic rings. The maximum Gasteiger partial charge on any atom is 0.234 e. The van der Waals surface area contributed by atoms with Crippen molar-refractivity contribution >= 4 is 29.1 Å². The number of hydrogen-bond acceptors (Lipinski definition) is 4. The topological polar surface area (TPSA) is 64.7 Å². The van der Waals surface area contributed by atoms with Crippen molar-refractivity contribution in [2.24, 2.45) is 0 Å². The molecule has 0 radical (unpaired) electrons. The number of amides is 2. The minimum absolute atomic E-state index is 0.0115. The van der Waals surface area contributed by atoms with Gasteiger partial charge in [-0.25, -0.2) is 0 Å². The van der Waals surface area contributed by atoms with E-state index >= 15 is 0 Å². The fraction of sp³-hybridized carbons (Fsp3) is 0.579. The Kier molecular flexibility index (Phi) is 8.35. The van der Waals surface area contributed by atoms with Crippen LogP contribution in [0.1, 0.15) is 26.7 Å². The minimum Gasteiger partial charge on any atom is -0.353 e. The van der Waals surface area contributed by atoms with Gasteiger partial charge in [-0.15, -0.1) is 0 Å². The predicted molar refractivity (Wildman–Crippen MR) is 105 cm³/mol. The number of anilines is 1. The highest BCUT2D eigenvalue weighted by Crippen LogP contribution is 2.15. The molecular formula is C19H29ClN4O2. The average Bonchev–Trinajstić information content (AvgIpc) is 2.61. The maximum atomic E-state index is 12.1. The number of piperazine rings is 1. The highest BCUT2D eigenvalue weighted by Gasteiger charge is 2.19. The lowest BCUT2D eigenvalue weighted by Gasteiger charge is -2.34. The van der Waals surface area contributed by atoms with E-state index < -0.39 is 0 Å². The Morgan fingerprint density at radius 3 is 2.50 bits per heavy atom. The number of hydrogen-bond donors (Lipinski definition) is 2. The van der Waals surface area contributed by atoms with Crippen molar-refractivity contribution in [2.45, 2.75) is 32.7 Å². The van der Waals surface area contributed by atoms with E-state index in [4.69, 9.17) is 11.6 Å². The molecule has 1 aromatic rings. The molecule has 2 amide bonds. The normalized spacial score (nSPS) is 16.9. The Labute approximate surface area is 160 Å². The van der Waals surface area contributed by atoms with Crippen LogP contribution in [0.2, 0.25) is 5.02 Å². The zero-order valence-corrected chi connectivity index (χ0v) is 16.4. The third-order valence-corrected chi connectivity index (χ3v) is 4.85. The first kappa shape index (κ1) is 20.7. The van der Waals surface area contributed by atoms with Crippen molar-refractivity contribution in [3.63, 3.8) is 0 Å². The highest BCUT2D eigenvalue weighted by molar-refractivity contribution is 6.30. The summed E-state index contributed by atoms with van der Waals surface area (Å²) in [6, 6.07) is 7.38. The molecule has 0 aromatic heterocycles. The SMILES string of the molecule is CCC(C)NC(=O)CN1CCN(CCC(=O)Nc2cccc(Cl)c2)CC1. The van der Waals surface area contributed by atoms with Crippen LogP contribution in [0, 0.1) is 0 Å². The third kappa shape index (κ3) is 7.32. The smallest absolute Gasteiger partial charge is 0.234 e. The predicted octanol–water partition coefficient (Wildman–Crippen LogP) is 2.20. The number of carbonyl (C=O) groups excluding carboxylic acids is 2. The zero-order chi connectivity index (χ0) is 18.9. The summed E-state index contributed by atoms with van der Waals surface area (Å²) in [5.74, 6) is 0.0799. The number of nitrogens with zero attached hydrogens (tertiary/aromatic N) is 2. The van der Waals surface area contributed by atoms with Crippen molar-refractivity contribution in [3.8, 4) is 0 Å². The molecule has 2 N–H and O–H groups in total. The van der Waals surface area contributed by atoms with Crippen molar-refractivity contribution < 1.29 is 9.59 Å². The summed E-state index contributed by atoms with van der Waals surface area (Å²) >= 11 is 5.92. The molecule has 6 nitrogen and oxygen atoms in total. The molecule has 0 bridgehead atoms. The van der Waals surface area contributed by atoms with Gasteiger partial charge < -0.3 is 15.5 Å². The van der Waals surface area contributed by atoms with Crippen molar-refractivity contribution in [1.82, 2.24) is 15.1 Å². The highest BCUT2D eigenvalue weighted by atomic mass is 35.5. The molecule has 144 valence electrons. The molecule has 1 aromatic carbocycles. The van der Waals surface area contributed by atoms with Crippen LogP contribution in [0.5, 0.6) is 0 Å². The summed E-state index contributed by atoms with van der Waals surface area (Å²) < 4.78 is 0. The Morgan fingerprint density at radius 2 is 1.85 bits per heavy atom. The molecule has 0 aliphatic carbocycles. The van der Waals surface area contributed by atoms with Crippen LogP contribution in [0.15, 0.2) is 24.3 Å². The lowest BCUT2D eigenvalue weighted by molar-refractivity contribution is -0.123. The van der Waals surface area contributed by atoms with Crippen LogP contribution >= 0.6 is 11.6 Å². The van der Waals surface area contributed by atoms with Gasteiger partial charge in [0.2, 0.25) is 11.8 Å². The molecule has 0 saturated carbocycles. The quantitative estimate of drug-likeness (QED) is 0.725. The zero-order valence-electron chi connectivity index (χ0n) is 15.6. The lowest BCUT2D eigenvalue weighted by Crippen LogP contribution is -2.50. The Hall–Kier alpha value is -1.63. The van der Waals surface area contributed by atoms with Gasteiger partial charge in [-0.05, 0) is 31.5 Å². The van der Waals surface area contributed by atoms with E-state index in [1.54, 1.807) is 12.1 Å².